The first kappa shape index (κ1) is 13.7. The summed E-state index contributed by atoms with van der Waals surface area (Å²) in [6, 6.07) is -0.357. The molecule has 0 unspecified atom stereocenters. The molecule has 1 amide bonds. The van der Waals surface area contributed by atoms with Gasteiger partial charge in [-0.25, -0.2) is 0 Å². The molecule has 0 aromatic rings. The van der Waals surface area contributed by atoms with Gasteiger partial charge in [-0.1, -0.05) is 0 Å². The number of likely N-dealkylation sites (N-methyl/N-ethyl adjacent to an activating group) is 1. The Morgan fingerprint density at radius 3 is 2.71 bits per heavy atom. The van der Waals surface area contributed by atoms with E-state index in [9.17, 15) is 4.79 Å². The van der Waals surface area contributed by atoms with Crippen LogP contribution in [0.5, 0.6) is 0 Å². The fraction of sp³-hybridized carbons (Fsp3) is 0.889. The maximum Gasteiger partial charge on any atom is 0.236 e. The lowest BCUT2D eigenvalue weighted by Crippen LogP contribution is -2.43. The third kappa shape index (κ3) is 7.17. The first-order valence-electron chi connectivity index (χ1n) is 4.75. The van der Waals surface area contributed by atoms with Crippen LogP contribution in [-0.4, -0.2) is 56.0 Å². The lowest BCUT2D eigenvalue weighted by molar-refractivity contribution is -0.122. The number of amides is 1. The summed E-state index contributed by atoms with van der Waals surface area (Å²) in [7, 11) is 3.94. The van der Waals surface area contributed by atoms with Crippen molar-refractivity contribution in [2.24, 2.45) is 5.73 Å². The molecule has 5 heteroatoms. The molecule has 1 atom stereocenters. The number of nitrogens with two attached hydrogens (primary N) is 1. The van der Waals surface area contributed by atoms with Crippen LogP contribution in [-0.2, 0) is 4.79 Å². The summed E-state index contributed by atoms with van der Waals surface area (Å²) >= 11 is 1.71. The summed E-state index contributed by atoms with van der Waals surface area (Å²) in [5, 5.41) is 2.81. The Balaban J connectivity index is 3.52. The van der Waals surface area contributed by atoms with E-state index in [4.69, 9.17) is 5.73 Å². The van der Waals surface area contributed by atoms with Gasteiger partial charge in [0.05, 0.1) is 6.04 Å². The Kier molecular flexibility index (Phi) is 7.93. The summed E-state index contributed by atoms with van der Waals surface area (Å²) in [4.78, 5) is 13.4. The number of thioether (sulfide) groups is 1. The van der Waals surface area contributed by atoms with Crippen molar-refractivity contribution in [1.82, 2.24) is 10.2 Å². The SMILES string of the molecule is CSCC[C@H](N)C(=O)NCCN(C)C. The summed E-state index contributed by atoms with van der Waals surface area (Å²) in [5.41, 5.74) is 5.68. The van der Waals surface area contributed by atoms with Crippen molar-refractivity contribution in [2.45, 2.75) is 12.5 Å². The second kappa shape index (κ2) is 8.08. The Labute approximate surface area is 90.6 Å². The van der Waals surface area contributed by atoms with Gasteiger partial charge in [0.1, 0.15) is 0 Å². The van der Waals surface area contributed by atoms with Gasteiger partial charge in [0.25, 0.3) is 0 Å². The molecule has 0 fully saturated rings. The molecule has 84 valence electrons. The van der Waals surface area contributed by atoms with Crippen LogP contribution in [0.2, 0.25) is 0 Å². The predicted molar refractivity (Wildman–Crippen MR) is 62.5 cm³/mol. The molecule has 0 bridgehead atoms. The summed E-state index contributed by atoms with van der Waals surface area (Å²) in [5.74, 6) is 0.892. The van der Waals surface area contributed by atoms with E-state index in [1.807, 2.05) is 25.3 Å². The number of hydrogen-bond donors (Lipinski definition) is 2. The molecular weight excluding hydrogens is 198 g/mol. The fourth-order valence-corrected chi connectivity index (χ4v) is 1.40. The molecule has 0 aromatic carbocycles. The highest BCUT2D eigenvalue weighted by Crippen LogP contribution is 1.98. The first-order chi connectivity index (χ1) is 6.57. The summed E-state index contributed by atoms with van der Waals surface area (Å²) in [6.45, 7) is 1.51. The minimum absolute atomic E-state index is 0.0408. The summed E-state index contributed by atoms with van der Waals surface area (Å²) < 4.78 is 0. The zero-order chi connectivity index (χ0) is 11.0. The standard InChI is InChI=1S/C9H21N3OS/c1-12(2)6-5-11-9(13)8(10)4-7-14-3/h8H,4-7,10H2,1-3H3,(H,11,13)/t8-/m0/s1. The van der Waals surface area contributed by atoms with Crippen LogP contribution >= 0.6 is 11.8 Å². The van der Waals surface area contributed by atoms with Crippen LogP contribution in [0.1, 0.15) is 6.42 Å². The van der Waals surface area contributed by atoms with Gasteiger partial charge in [-0.15, -0.1) is 0 Å². The normalized spacial score (nSPS) is 12.9. The number of carbonyl (C=O) groups is 1. The number of carbonyl (C=O) groups excluding carboxylic acids is 1. The van der Waals surface area contributed by atoms with Gasteiger partial charge in [-0.3, -0.25) is 4.79 Å². The molecule has 0 heterocycles. The maximum atomic E-state index is 11.4. The molecule has 3 N–H and O–H groups in total. The highest BCUT2D eigenvalue weighted by molar-refractivity contribution is 7.98. The monoisotopic (exact) mass is 219 g/mol. The highest BCUT2D eigenvalue weighted by atomic mass is 32.2. The van der Waals surface area contributed by atoms with Gasteiger partial charge in [0, 0.05) is 13.1 Å². The lowest BCUT2D eigenvalue weighted by Gasteiger charge is -2.13. The van der Waals surface area contributed by atoms with Crippen molar-refractivity contribution < 1.29 is 4.79 Å². The van der Waals surface area contributed by atoms with Crippen LogP contribution in [0.25, 0.3) is 0 Å². The van der Waals surface area contributed by atoms with E-state index in [0.717, 1.165) is 18.7 Å². The van der Waals surface area contributed by atoms with Crippen molar-refractivity contribution >= 4 is 17.7 Å². The van der Waals surface area contributed by atoms with E-state index in [2.05, 4.69) is 5.32 Å². The van der Waals surface area contributed by atoms with Gasteiger partial charge in [0.2, 0.25) is 5.91 Å². The predicted octanol–water partition coefficient (Wildman–Crippen LogP) is -0.255. The highest BCUT2D eigenvalue weighted by Gasteiger charge is 2.11. The van der Waals surface area contributed by atoms with Gasteiger partial charge in [-0.05, 0) is 32.5 Å². The minimum atomic E-state index is -0.357. The molecule has 14 heavy (non-hydrogen) atoms. The quantitative estimate of drug-likeness (QED) is 0.620. The Morgan fingerprint density at radius 2 is 2.21 bits per heavy atom. The first-order valence-corrected chi connectivity index (χ1v) is 6.14. The van der Waals surface area contributed by atoms with E-state index < -0.39 is 0 Å². The molecule has 0 saturated heterocycles. The van der Waals surface area contributed by atoms with E-state index in [1.165, 1.54) is 0 Å². The van der Waals surface area contributed by atoms with Crippen LogP contribution in [0.4, 0.5) is 0 Å². The number of hydrogen-bond acceptors (Lipinski definition) is 4. The largest absolute Gasteiger partial charge is 0.353 e. The number of nitrogens with one attached hydrogen (secondary N) is 1. The average molecular weight is 219 g/mol. The van der Waals surface area contributed by atoms with Gasteiger partial charge >= 0.3 is 0 Å². The zero-order valence-corrected chi connectivity index (χ0v) is 10.1. The molecule has 0 saturated carbocycles. The smallest absolute Gasteiger partial charge is 0.236 e. The average Bonchev–Trinajstić information content (AvgIpc) is 2.13. The minimum Gasteiger partial charge on any atom is -0.353 e. The van der Waals surface area contributed by atoms with Gasteiger partial charge < -0.3 is 16.0 Å². The second-order valence-corrected chi connectivity index (χ2v) is 4.47. The van der Waals surface area contributed by atoms with Crippen molar-refractivity contribution in [3.8, 4) is 0 Å². The lowest BCUT2D eigenvalue weighted by atomic mass is 10.2. The Hall–Kier alpha value is -0.260. The second-order valence-electron chi connectivity index (χ2n) is 3.48. The van der Waals surface area contributed by atoms with Crippen molar-refractivity contribution in [3.63, 3.8) is 0 Å². The molecule has 0 aromatic heterocycles. The van der Waals surface area contributed by atoms with Crippen LogP contribution in [0.3, 0.4) is 0 Å². The fourth-order valence-electron chi connectivity index (χ4n) is 0.910. The number of nitrogens with zero attached hydrogens (tertiary/aromatic N) is 1. The summed E-state index contributed by atoms with van der Waals surface area (Å²) in [6.07, 6.45) is 2.76. The molecule has 0 aliphatic carbocycles. The van der Waals surface area contributed by atoms with Crippen LogP contribution in [0, 0.1) is 0 Å². The van der Waals surface area contributed by atoms with Crippen molar-refractivity contribution in [1.29, 1.82) is 0 Å². The third-order valence-electron chi connectivity index (χ3n) is 1.83. The molecule has 0 spiro atoms. The van der Waals surface area contributed by atoms with Crippen LogP contribution in [0.15, 0.2) is 0 Å². The van der Waals surface area contributed by atoms with E-state index >= 15 is 0 Å². The molecule has 0 radical (unpaired) electrons. The van der Waals surface area contributed by atoms with Gasteiger partial charge in [0.15, 0.2) is 0 Å². The molecular formula is C9H21N3OS. The molecule has 4 nitrogen and oxygen atoms in total. The Morgan fingerprint density at radius 1 is 1.57 bits per heavy atom. The maximum absolute atomic E-state index is 11.4. The van der Waals surface area contributed by atoms with Gasteiger partial charge in [-0.2, -0.15) is 11.8 Å². The molecule has 0 rings (SSSR count). The zero-order valence-electron chi connectivity index (χ0n) is 9.25. The number of rotatable bonds is 7. The van der Waals surface area contributed by atoms with Crippen molar-refractivity contribution in [2.75, 3.05) is 39.2 Å². The third-order valence-corrected chi connectivity index (χ3v) is 2.47. The topological polar surface area (TPSA) is 58.4 Å². The van der Waals surface area contributed by atoms with Crippen molar-refractivity contribution in [3.05, 3.63) is 0 Å². The van der Waals surface area contributed by atoms with E-state index in [0.29, 0.717) is 6.54 Å². The van der Waals surface area contributed by atoms with E-state index in [-0.39, 0.29) is 11.9 Å². The molecule has 0 aliphatic rings. The Bertz CT molecular complexity index is 164. The van der Waals surface area contributed by atoms with Crippen LogP contribution < -0.4 is 11.1 Å². The van der Waals surface area contributed by atoms with E-state index in [1.54, 1.807) is 11.8 Å². The molecule has 0 aliphatic heterocycles.